The molecular weight excluding hydrogens is 238 g/mol. The molecule has 1 saturated heterocycles. The summed E-state index contributed by atoms with van der Waals surface area (Å²) in [7, 11) is 0. The molecule has 1 nitrogen and oxygen atoms in total. The molecule has 2 heteroatoms. The smallest absolute Gasteiger partial charge is 0.0207 e. The minimum absolute atomic E-state index is 0.912. The van der Waals surface area contributed by atoms with Gasteiger partial charge in [-0.2, -0.15) is 0 Å². The molecule has 1 aromatic carbocycles. The SMILES string of the molecule is Cc1ccc(CCC2CNC2)cc1Br. The molecule has 1 aliphatic rings. The summed E-state index contributed by atoms with van der Waals surface area (Å²) in [4.78, 5) is 0. The van der Waals surface area contributed by atoms with Crippen molar-refractivity contribution in [1.29, 1.82) is 0 Å². The fraction of sp³-hybridized carbons (Fsp3) is 0.500. The van der Waals surface area contributed by atoms with E-state index in [4.69, 9.17) is 0 Å². The molecule has 14 heavy (non-hydrogen) atoms. The van der Waals surface area contributed by atoms with E-state index < -0.39 is 0 Å². The van der Waals surface area contributed by atoms with Crippen LogP contribution >= 0.6 is 15.9 Å². The monoisotopic (exact) mass is 253 g/mol. The summed E-state index contributed by atoms with van der Waals surface area (Å²) < 4.78 is 1.24. The molecule has 0 aliphatic carbocycles. The van der Waals surface area contributed by atoms with Crippen molar-refractivity contribution in [3.05, 3.63) is 33.8 Å². The van der Waals surface area contributed by atoms with E-state index in [0.717, 1.165) is 5.92 Å². The Labute approximate surface area is 94.0 Å². The standard InChI is InChI=1S/C12H16BrN/c1-9-2-3-10(6-12(9)13)4-5-11-7-14-8-11/h2-3,6,11,14H,4-5,7-8H2,1H3. The highest BCUT2D eigenvalue weighted by atomic mass is 79.9. The van der Waals surface area contributed by atoms with Crippen LogP contribution in [0.2, 0.25) is 0 Å². The summed E-state index contributed by atoms with van der Waals surface area (Å²) in [5, 5.41) is 3.31. The van der Waals surface area contributed by atoms with Crippen LogP contribution in [-0.4, -0.2) is 13.1 Å². The van der Waals surface area contributed by atoms with Gasteiger partial charge in [-0.3, -0.25) is 0 Å². The van der Waals surface area contributed by atoms with E-state index in [1.54, 1.807) is 0 Å². The maximum atomic E-state index is 3.57. The van der Waals surface area contributed by atoms with Gasteiger partial charge in [-0.1, -0.05) is 28.1 Å². The second-order valence-electron chi connectivity index (χ2n) is 4.15. The van der Waals surface area contributed by atoms with Crippen LogP contribution in [0.15, 0.2) is 22.7 Å². The van der Waals surface area contributed by atoms with Gasteiger partial charge in [-0.25, -0.2) is 0 Å². The maximum Gasteiger partial charge on any atom is 0.0207 e. The number of aryl methyl sites for hydroxylation is 2. The first kappa shape index (κ1) is 10.2. The molecule has 0 radical (unpaired) electrons. The third-order valence-electron chi connectivity index (χ3n) is 2.94. The van der Waals surface area contributed by atoms with Gasteiger partial charge in [0.2, 0.25) is 0 Å². The van der Waals surface area contributed by atoms with Crippen LogP contribution in [-0.2, 0) is 6.42 Å². The fourth-order valence-corrected chi connectivity index (χ4v) is 2.14. The van der Waals surface area contributed by atoms with Crippen LogP contribution in [0, 0.1) is 12.8 Å². The molecule has 2 rings (SSSR count). The highest BCUT2D eigenvalue weighted by Gasteiger charge is 2.15. The van der Waals surface area contributed by atoms with Crippen molar-refractivity contribution >= 4 is 15.9 Å². The second kappa shape index (κ2) is 4.45. The Hall–Kier alpha value is -0.340. The normalized spacial score (nSPS) is 16.7. The second-order valence-corrected chi connectivity index (χ2v) is 5.00. The summed E-state index contributed by atoms with van der Waals surface area (Å²) >= 11 is 3.57. The quantitative estimate of drug-likeness (QED) is 0.874. The molecule has 1 heterocycles. The van der Waals surface area contributed by atoms with E-state index in [0.29, 0.717) is 0 Å². The van der Waals surface area contributed by atoms with Gasteiger partial charge in [0.1, 0.15) is 0 Å². The largest absolute Gasteiger partial charge is 0.316 e. The Morgan fingerprint density at radius 2 is 2.21 bits per heavy atom. The molecule has 0 bridgehead atoms. The fourth-order valence-electron chi connectivity index (χ4n) is 1.72. The van der Waals surface area contributed by atoms with Crippen LogP contribution in [0.1, 0.15) is 17.5 Å². The summed E-state index contributed by atoms with van der Waals surface area (Å²) in [6, 6.07) is 6.69. The third-order valence-corrected chi connectivity index (χ3v) is 3.80. The highest BCUT2D eigenvalue weighted by Crippen LogP contribution is 2.20. The minimum Gasteiger partial charge on any atom is -0.316 e. The lowest BCUT2D eigenvalue weighted by Crippen LogP contribution is -2.42. The molecule has 0 spiro atoms. The molecule has 76 valence electrons. The number of benzene rings is 1. The minimum atomic E-state index is 0.912. The lowest BCUT2D eigenvalue weighted by molar-refractivity contribution is 0.328. The first-order valence-corrected chi connectivity index (χ1v) is 6.01. The van der Waals surface area contributed by atoms with Crippen molar-refractivity contribution in [3.63, 3.8) is 0 Å². The predicted octanol–water partition coefficient (Wildman–Crippen LogP) is 2.91. The molecule has 1 N–H and O–H groups in total. The Morgan fingerprint density at radius 1 is 1.43 bits per heavy atom. The van der Waals surface area contributed by atoms with Gasteiger partial charge >= 0.3 is 0 Å². The van der Waals surface area contributed by atoms with Crippen LogP contribution < -0.4 is 5.32 Å². The highest BCUT2D eigenvalue weighted by molar-refractivity contribution is 9.10. The van der Waals surface area contributed by atoms with Crippen LogP contribution in [0.5, 0.6) is 0 Å². The molecule has 1 aliphatic heterocycles. The van der Waals surface area contributed by atoms with Crippen molar-refractivity contribution in [1.82, 2.24) is 5.32 Å². The number of hydrogen-bond donors (Lipinski definition) is 1. The Morgan fingerprint density at radius 3 is 2.79 bits per heavy atom. The van der Waals surface area contributed by atoms with E-state index in [9.17, 15) is 0 Å². The molecule has 1 aromatic rings. The Balaban J connectivity index is 1.91. The van der Waals surface area contributed by atoms with Gasteiger partial charge in [0.15, 0.2) is 0 Å². The number of nitrogens with one attached hydrogen (secondary N) is 1. The number of rotatable bonds is 3. The van der Waals surface area contributed by atoms with E-state index in [2.05, 4.69) is 46.4 Å². The van der Waals surface area contributed by atoms with Crippen molar-refractivity contribution < 1.29 is 0 Å². The van der Waals surface area contributed by atoms with E-state index >= 15 is 0 Å². The van der Waals surface area contributed by atoms with E-state index in [1.807, 2.05) is 0 Å². The zero-order valence-electron chi connectivity index (χ0n) is 8.52. The molecule has 1 fully saturated rings. The van der Waals surface area contributed by atoms with Gasteiger partial charge in [-0.05, 0) is 56.0 Å². The number of hydrogen-bond acceptors (Lipinski definition) is 1. The summed E-state index contributed by atoms with van der Waals surface area (Å²) in [6.07, 6.45) is 2.54. The molecule has 0 amide bonds. The van der Waals surface area contributed by atoms with Crippen LogP contribution in [0.25, 0.3) is 0 Å². The van der Waals surface area contributed by atoms with Crippen molar-refractivity contribution in [2.24, 2.45) is 5.92 Å². The molecule has 0 aromatic heterocycles. The van der Waals surface area contributed by atoms with Crippen molar-refractivity contribution in [2.75, 3.05) is 13.1 Å². The Bertz CT molecular complexity index is 318. The molecular formula is C12H16BrN. The third kappa shape index (κ3) is 2.37. The summed E-state index contributed by atoms with van der Waals surface area (Å²) in [6.45, 7) is 4.56. The van der Waals surface area contributed by atoms with Crippen LogP contribution in [0.4, 0.5) is 0 Å². The first-order valence-electron chi connectivity index (χ1n) is 5.21. The van der Waals surface area contributed by atoms with Gasteiger partial charge in [-0.15, -0.1) is 0 Å². The molecule has 0 unspecified atom stereocenters. The lowest BCUT2D eigenvalue weighted by atomic mass is 9.94. The van der Waals surface area contributed by atoms with E-state index in [1.165, 1.54) is 41.5 Å². The van der Waals surface area contributed by atoms with Crippen molar-refractivity contribution in [2.45, 2.75) is 19.8 Å². The van der Waals surface area contributed by atoms with Gasteiger partial charge in [0.25, 0.3) is 0 Å². The summed E-state index contributed by atoms with van der Waals surface area (Å²) in [5.74, 6) is 0.912. The maximum absolute atomic E-state index is 3.57. The van der Waals surface area contributed by atoms with Gasteiger partial charge in [0, 0.05) is 4.47 Å². The predicted molar refractivity (Wildman–Crippen MR) is 63.6 cm³/mol. The van der Waals surface area contributed by atoms with Crippen molar-refractivity contribution in [3.8, 4) is 0 Å². The van der Waals surface area contributed by atoms with E-state index in [-0.39, 0.29) is 0 Å². The average Bonchev–Trinajstić information content (AvgIpc) is 2.08. The molecule has 0 atom stereocenters. The topological polar surface area (TPSA) is 12.0 Å². The number of halogens is 1. The van der Waals surface area contributed by atoms with Crippen LogP contribution in [0.3, 0.4) is 0 Å². The lowest BCUT2D eigenvalue weighted by Gasteiger charge is -2.26. The zero-order valence-corrected chi connectivity index (χ0v) is 10.1. The van der Waals surface area contributed by atoms with Gasteiger partial charge < -0.3 is 5.32 Å². The van der Waals surface area contributed by atoms with Gasteiger partial charge in [0.05, 0.1) is 0 Å². The average molecular weight is 254 g/mol. The molecule has 0 saturated carbocycles. The zero-order chi connectivity index (χ0) is 9.97. The summed E-state index contributed by atoms with van der Waals surface area (Å²) in [5.41, 5.74) is 2.77. The first-order chi connectivity index (χ1) is 6.75. The Kier molecular flexibility index (Phi) is 3.24.